The van der Waals surface area contributed by atoms with Crippen molar-refractivity contribution in [3.05, 3.63) is 12.2 Å². The summed E-state index contributed by atoms with van der Waals surface area (Å²) in [5.41, 5.74) is 0.708. The number of hydrogen-bond donors (Lipinski definition) is 0. The minimum absolute atomic E-state index is 0.182. The molecule has 0 saturated heterocycles. The molecule has 0 aromatic carbocycles. The molecule has 0 amide bonds. The Labute approximate surface area is 131 Å². The Hall–Kier alpha value is -0.790. The number of carbonyl (C=O) groups excluding carboxylic acids is 1. The van der Waals surface area contributed by atoms with Gasteiger partial charge in [-0.05, 0) is 38.0 Å². The molecule has 0 radical (unpaired) electrons. The molecule has 1 aliphatic rings. The fraction of sp³-hybridized carbons (Fsp3) is 0.842. The smallest absolute Gasteiger partial charge is 0.333 e. The van der Waals surface area contributed by atoms with E-state index in [1.807, 2.05) is 6.92 Å². The van der Waals surface area contributed by atoms with E-state index in [1.54, 1.807) is 0 Å². The summed E-state index contributed by atoms with van der Waals surface area (Å²) in [6.45, 7) is 8.54. The molecule has 0 spiro atoms. The van der Waals surface area contributed by atoms with Crippen molar-refractivity contribution in [2.45, 2.75) is 84.5 Å². The lowest BCUT2D eigenvalue weighted by atomic mass is 9.78. The molecular formula is C19H34O2. The van der Waals surface area contributed by atoms with Gasteiger partial charge in [0.2, 0.25) is 0 Å². The van der Waals surface area contributed by atoms with Crippen LogP contribution in [0.4, 0.5) is 0 Å². The summed E-state index contributed by atoms with van der Waals surface area (Å²) < 4.78 is 5.16. The van der Waals surface area contributed by atoms with E-state index in [0.717, 1.165) is 6.42 Å². The number of esters is 1. The van der Waals surface area contributed by atoms with Gasteiger partial charge in [0.15, 0.2) is 0 Å². The summed E-state index contributed by atoms with van der Waals surface area (Å²) in [7, 11) is 0. The first-order valence-corrected chi connectivity index (χ1v) is 9.06. The van der Waals surface area contributed by atoms with Crippen molar-refractivity contribution in [3.8, 4) is 0 Å². The van der Waals surface area contributed by atoms with E-state index < -0.39 is 0 Å². The molecule has 0 aromatic rings. The lowest BCUT2D eigenvalue weighted by molar-refractivity contribution is -0.139. The molecule has 0 heterocycles. The highest BCUT2D eigenvalue weighted by Crippen LogP contribution is 2.33. The average molecular weight is 294 g/mol. The summed E-state index contributed by atoms with van der Waals surface area (Å²) in [6, 6.07) is 0. The highest BCUT2D eigenvalue weighted by molar-refractivity contribution is 5.88. The fourth-order valence-corrected chi connectivity index (χ4v) is 3.66. The molecule has 1 saturated carbocycles. The van der Waals surface area contributed by atoms with E-state index in [-0.39, 0.29) is 5.97 Å². The molecule has 122 valence electrons. The molecule has 1 rings (SSSR count). The van der Waals surface area contributed by atoms with Crippen LogP contribution in [0.3, 0.4) is 0 Å². The van der Waals surface area contributed by atoms with Crippen LogP contribution < -0.4 is 0 Å². The van der Waals surface area contributed by atoms with Crippen LogP contribution >= 0.6 is 0 Å². The van der Waals surface area contributed by atoms with E-state index >= 15 is 0 Å². The van der Waals surface area contributed by atoms with Crippen molar-refractivity contribution in [1.82, 2.24) is 0 Å². The van der Waals surface area contributed by atoms with E-state index in [9.17, 15) is 4.79 Å². The molecule has 1 atom stereocenters. The number of carbonyl (C=O) groups is 1. The van der Waals surface area contributed by atoms with Gasteiger partial charge in [0.25, 0.3) is 0 Å². The van der Waals surface area contributed by atoms with Gasteiger partial charge in [-0.3, -0.25) is 0 Å². The molecule has 2 nitrogen and oxygen atoms in total. The van der Waals surface area contributed by atoms with Crippen molar-refractivity contribution in [1.29, 1.82) is 0 Å². The van der Waals surface area contributed by atoms with Gasteiger partial charge in [0.1, 0.15) is 0 Å². The molecule has 1 fully saturated rings. The maximum atomic E-state index is 12.0. The van der Waals surface area contributed by atoms with Crippen LogP contribution in [0.1, 0.15) is 84.5 Å². The molecule has 0 N–H and O–H groups in total. The van der Waals surface area contributed by atoms with Crippen LogP contribution in [-0.2, 0) is 9.53 Å². The zero-order valence-electron chi connectivity index (χ0n) is 14.2. The molecule has 0 unspecified atom stereocenters. The molecule has 1 aliphatic carbocycles. The largest absolute Gasteiger partial charge is 0.463 e. The molecule has 2 heteroatoms. The molecular weight excluding hydrogens is 260 g/mol. The lowest BCUT2D eigenvalue weighted by Gasteiger charge is -2.27. The first-order valence-electron chi connectivity index (χ1n) is 9.06. The van der Waals surface area contributed by atoms with Crippen molar-refractivity contribution < 1.29 is 9.53 Å². The summed E-state index contributed by atoms with van der Waals surface area (Å²) in [6.07, 6.45) is 14.3. The Kier molecular flexibility index (Phi) is 9.45. The van der Waals surface area contributed by atoms with E-state index in [4.69, 9.17) is 4.74 Å². The Balaban J connectivity index is 2.64. The van der Waals surface area contributed by atoms with Gasteiger partial charge in [-0.2, -0.15) is 0 Å². The topological polar surface area (TPSA) is 26.3 Å². The highest BCUT2D eigenvalue weighted by atomic mass is 16.5. The second-order valence-corrected chi connectivity index (χ2v) is 6.43. The summed E-state index contributed by atoms with van der Waals surface area (Å²) in [5, 5.41) is 0. The fourth-order valence-electron chi connectivity index (χ4n) is 3.66. The second kappa shape index (κ2) is 10.9. The van der Waals surface area contributed by atoms with Crippen molar-refractivity contribution >= 4 is 5.97 Å². The highest BCUT2D eigenvalue weighted by Gasteiger charge is 2.26. The Morgan fingerprint density at radius 3 is 1.90 bits per heavy atom. The number of ether oxygens (including phenoxy) is 1. The minimum Gasteiger partial charge on any atom is -0.463 e. The van der Waals surface area contributed by atoms with Gasteiger partial charge in [0.05, 0.1) is 6.61 Å². The van der Waals surface area contributed by atoms with Gasteiger partial charge in [-0.25, -0.2) is 4.79 Å². The second-order valence-electron chi connectivity index (χ2n) is 6.43. The lowest BCUT2D eigenvalue weighted by Crippen LogP contribution is -2.22. The summed E-state index contributed by atoms with van der Waals surface area (Å²) >= 11 is 0. The zero-order chi connectivity index (χ0) is 15.5. The number of rotatable bonds is 5. The monoisotopic (exact) mass is 294 g/mol. The third-order valence-corrected chi connectivity index (χ3v) is 4.89. The molecule has 0 bridgehead atoms. The van der Waals surface area contributed by atoms with Gasteiger partial charge in [-0.1, -0.05) is 64.9 Å². The summed E-state index contributed by atoms with van der Waals surface area (Å²) in [5.74, 6) is 0.744. The Morgan fingerprint density at radius 1 is 1.00 bits per heavy atom. The summed E-state index contributed by atoms with van der Waals surface area (Å²) in [4.78, 5) is 12.0. The maximum absolute atomic E-state index is 12.0. The van der Waals surface area contributed by atoms with E-state index in [0.29, 0.717) is 24.0 Å². The van der Waals surface area contributed by atoms with Crippen molar-refractivity contribution in [2.24, 2.45) is 11.8 Å². The third-order valence-electron chi connectivity index (χ3n) is 4.89. The molecule has 0 aliphatic heterocycles. The van der Waals surface area contributed by atoms with Crippen molar-refractivity contribution in [3.63, 3.8) is 0 Å². The SMILES string of the molecule is C=C(C(=O)OCC)[C@@H](CC)C1CCCCCCCCCC1. The van der Waals surface area contributed by atoms with Gasteiger partial charge >= 0.3 is 5.97 Å². The predicted molar refractivity (Wildman–Crippen MR) is 89.2 cm³/mol. The third kappa shape index (κ3) is 6.67. The predicted octanol–water partition coefficient (Wildman–Crippen LogP) is 5.66. The van der Waals surface area contributed by atoms with E-state index in [2.05, 4.69) is 13.5 Å². The van der Waals surface area contributed by atoms with Crippen LogP contribution in [0.2, 0.25) is 0 Å². The van der Waals surface area contributed by atoms with Gasteiger partial charge < -0.3 is 4.74 Å². The Bertz CT molecular complexity index is 297. The van der Waals surface area contributed by atoms with Gasteiger partial charge in [-0.15, -0.1) is 0 Å². The van der Waals surface area contributed by atoms with E-state index in [1.165, 1.54) is 64.2 Å². The van der Waals surface area contributed by atoms with Crippen LogP contribution in [-0.4, -0.2) is 12.6 Å². The van der Waals surface area contributed by atoms with Gasteiger partial charge in [0, 0.05) is 5.57 Å². The zero-order valence-corrected chi connectivity index (χ0v) is 14.2. The Morgan fingerprint density at radius 2 is 1.48 bits per heavy atom. The quantitative estimate of drug-likeness (QED) is 0.483. The average Bonchev–Trinajstić information content (AvgIpc) is 2.54. The van der Waals surface area contributed by atoms with Crippen LogP contribution in [0, 0.1) is 11.8 Å². The van der Waals surface area contributed by atoms with Crippen molar-refractivity contribution in [2.75, 3.05) is 6.61 Å². The molecule has 0 aromatic heterocycles. The van der Waals surface area contributed by atoms with Crippen LogP contribution in [0.5, 0.6) is 0 Å². The number of hydrogen-bond acceptors (Lipinski definition) is 2. The maximum Gasteiger partial charge on any atom is 0.333 e. The molecule has 21 heavy (non-hydrogen) atoms. The standard InChI is InChI=1S/C19H34O2/c1-4-18(16(3)19(20)21-5-2)17-14-12-10-8-6-7-9-11-13-15-17/h17-18H,3-15H2,1-2H3/t18-/m1/s1. The van der Waals surface area contributed by atoms with Crippen LogP contribution in [0.25, 0.3) is 0 Å². The first kappa shape index (κ1) is 18.3. The normalized spacial score (nSPS) is 20.3. The minimum atomic E-state index is -0.182. The first-order chi connectivity index (χ1) is 10.2. The van der Waals surface area contributed by atoms with Crippen LogP contribution in [0.15, 0.2) is 12.2 Å².